The van der Waals surface area contributed by atoms with Crippen molar-refractivity contribution in [3.05, 3.63) is 34.6 Å². The van der Waals surface area contributed by atoms with E-state index in [9.17, 15) is 4.39 Å². The highest BCUT2D eigenvalue weighted by atomic mass is 35.5. The highest BCUT2D eigenvalue weighted by Gasteiger charge is 2.20. The van der Waals surface area contributed by atoms with Crippen LogP contribution in [0.15, 0.2) is 18.2 Å². The largest absolute Gasteiger partial charge is 0.330 e. The van der Waals surface area contributed by atoms with Gasteiger partial charge in [-0.3, -0.25) is 4.90 Å². The summed E-state index contributed by atoms with van der Waals surface area (Å²) in [6.07, 6.45) is 1.05. The van der Waals surface area contributed by atoms with E-state index in [1.54, 1.807) is 6.07 Å². The van der Waals surface area contributed by atoms with Crippen LogP contribution in [-0.4, -0.2) is 24.5 Å². The molecule has 0 fully saturated rings. The molecule has 2 N–H and O–H groups in total. The molecular weight excluding hydrogens is 263 g/mol. The molecule has 0 aliphatic rings. The topological polar surface area (TPSA) is 29.3 Å². The third-order valence-electron chi connectivity index (χ3n) is 3.15. The fraction of sp³-hybridized carbons (Fsp3) is 0.600. The lowest BCUT2D eigenvalue weighted by Gasteiger charge is -2.31. The summed E-state index contributed by atoms with van der Waals surface area (Å²) in [4.78, 5) is 2.29. The average molecular weight is 287 g/mol. The number of halogens is 2. The number of benzene rings is 1. The van der Waals surface area contributed by atoms with Crippen LogP contribution in [-0.2, 0) is 6.54 Å². The van der Waals surface area contributed by atoms with Crippen LogP contribution in [0.4, 0.5) is 4.39 Å². The van der Waals surface area contributed by atoms with Gasteiger partial charge in [0.05, 0.1) is 0 Å². The Hall–Kier alpha value is -0.640. The molecule has 0 unspecified atom stereocenters. The molecule has 0 saturated heterocycles. The Morgan fingerprint density at radius 2 is 2.05 bits per heavy atom. The molecule has 0 spiro atoms. The van der Waals surface area contributed by atoms with Crippen LogP contribution in [0.5, 0.6) is 0 Å². The van der Waals surface area contributed by atoms with Gasteiger partial charge in [0.25, 0.3) is 0 Å². The molecule has 0 aromatic heterocycles. The minimum Gasteiger partial charge on any atom is -0.330 e. The highest BCUT2D eigenvalue weighted by molar-refractivity contribution is 6.31. The molecule has 0 amide bonds. The molecule has 1 rings (SSSR count). The van der Waals surface area contributed by atoms with E-state index in [-0.39, 0.29) is 11.2 Å². The molecule has 1 aromatic carbocycles. The minimum absolute atomic E-state index is 0.0506. The van der Waals surface area contributed by atoms with Crippen LogP contribution < -0.4 is 5.73 Å². The van der Waals surface area contributed by atoms with Crippen LogP contribution in [0.3, 0.4) is 0 Å². The quantitative estimate of drug-likeness (QED) is 0.828. The Bertz CT molecular complexity index is 407. The van der Waals surface area contributed by atoms with Crippen LogP contribution in [0.25, 0.3) is 0 Å². The number of hydrogen-bond acceptors (Lipinski definition) is 2. The smallest absolute Gasteiger partial charge is 0.123 e. The van der Waals surface area contributed by atoms with E-state index < -0.39 is 0 Å². The van der Waals surface area contributed by atoms with E-state index in [4.69, 9.17) is 17.3 Å². The summed E-state index contributed by atoms with van der Waals surface area (Å²) in [5, 5.41) is 0.619. The maximum absolute atomic E-state index is 13.3. The van der Waals surface area contributed by atoms with Crippen molar-refractivity contribution in [1.29, 1.82) is 0 Å². The summed E-state index contributed by atoms with van der Waals surface area (Å²) < 4.78 is 13.3. The lowest BCUT2D eigenvalue weighted by Crippen LogP contribution is -2.38. The maximum Gasteiger partial charge on any atom is 0.123 e. The molecule has 0 heterocycles. The van der Waals surface area contributed by atoms with E-state index in [1.165, 1.54) is 12.1 Å². The molecule has 108 valence electrons. The van der Waals surface area contributed by atoms with Crippen molar-refractivity contribution in [2.24, 2.45) is 11.1 Å². The second-order valence-corrected chi connectivity index (χ2v) is 6.22. The summed E-state index contributed by atoms with van der Waals surface area (Å²) in [5.41, 5.74) is 6.67. The third-order valence-corrected chi connectivity index (χ3v) is 3.51. The van der Waals surface area contributed by atoms with Gasteiger partial charge in [-0.15, -0.1) is 0 Å². The van der Waals surface area contributed by atoms with Crippen molar-refractivity contribution in [2.45, 2.75) is 33.7 Å². The van der Waals surface area contributed by atoms with Gasteiger partial charge < -0.3 is 5.73 Å². The highest BCUT2D eigenvalue weighted by Crippen LogP contribution is 2.22. The van der Waals surface area contributed by atoms with E-state index >= 15 is 0 Å². The Morgan fingerprint density at radius 3 is 2.63 bits per heavy atom. The molecule has 0 aliphatic carbocycles. The molecule has 2 nitrogen and oxygen atoms in total. The standard InChI is InChI=1S/C15H24ClFN2/c1-4-7-19(11-15(2,3)10-18)9-12-8-13(17)5-6-14(12)16/h5-6,8H,4,7,9-11,18H2,1-3H3. The number of rotatable bonds is 7. The second-order valence-electron chi connectivity index (χ2n) is 5.81. The maximum atomic E-state index is 13.3. The van der Waals surface area contributed by atoms with Crippen LogP contribution >= 0.6 is 11.6 Å². The zero-order chi connectivity index (χ0) is 14.5. The summed E-state index contributed by atoms with van der Waals surface area (Å²) >= 11 is 6.13. The van der Waals surface area contributed by atoms with Crippen LogP contribution in [0.2, 0.25) is 5.02 Å². The van der Waals surface area contributed by atoms with Gasteiger partial charge in [0, 0.05) is 18.1 Å². The lowest BCUT2D eigenvalue weighted by molar-refractivity contribution is 0.176. The van der Waals surface area contributed by atoms with Crippen molar-refractivity contribution in [2.75, 3.05) is 19.6 Å². The molecule has 0 bridgehead atoms. The molecule has 0 atom stereocenters. The lowest BCUT2D eigenvalue weighted by atomic mass is 9.93. The van der Waals surface area contributed by atoms with Gasteiger partial charge >= 0.3 is 0 Å². The number of nitrogens with zero attached hydrogens (tertiary/aromatic N) is 1. The molecule has 1 aromatic rings. The average Bonchev–Trinajstić information content (AvgIpc) is 2.34. The van der Waals surface area contributed by atoms with Crippen LogP contribution in [0.1, 0.15) is 32.8 Å². The van der Waals surface area contributed by atoms with Crippen molar-refractivity contribution < 1.29 is 4.39 Å². The predicted octanol–water partition coefficient (Wildman–Crippen LogP) is 3.68. The van der Waals surface area contributed by atoms with Crippen molar-refractivity contribution >= 4 is 11.6 Å². The van der Waals surface area contributed by atoms with E-state index in [0.717, 1.165) is 25.1 Å². The first kappa shape index (κ1) is 16.4. The fourth-order valence-corrected chi connectivity index (χ4v) is 2.28. The number of hydrogen-bond donors (Lipinski definition) is 1. The van der Waals surface area contributed by atoms with E-state index in [0.29, 0.717) is 18.1 Å². The Kier molecular flexibility index (Phi) is 6.24. The Labute approximate surface area is 120 Å². The first-order chi connectivity index (χ1) is 8.88. The van der Waals surface area contributed by atoms with Gasteiger partial charge in [-0.1, -0.05) is 32.4 Å². The summed E-state index contributed by atoms with van der Waals surface area (Å²) in [6, 6.07) is 4.52. The van der Waals surface area contributed by atoms with Crippen molar-refractivity contribution in [3.8, 4) is 0 Å². The van der Waals surface area contributed by atoms with E-state index in [2.05, 4.69) is 25.7 Å². The van der Waals surface area contributed by atoms with Crippen molar-refractivity contribution in [1.82, 2.24) is 4.90 Å². The normalized spacial score (nSPS) is 12.2. The summed E-state index contributed by atoms with van der Waals surface area (Å²) in [6.45, 7) is 9.54. The van der Waals surface area contributed by atoms with Crippen LogP contribution in [0, 0.1) is 11.2 Å². The second kappa shape index (κ2) is 7.22. The SMILES string of the molecule is CCCN(Cc1cc(F)ccc1Cl)CC(C)(C)CN. The number of nitrogens with two attached hydrogens (primary N) is 1. The van der Waals surface area contributed by atoms with Gasteiger partial charge in [0.2, 0.25) is 0 Å². The van der Waals surface area contributed by atoms with Crippen molar-refractivity contribution in [3.63, 3.8) is 0 Å². The molecular formula is C15H24ClFN2. The monoisotopic (exact) mass is 286 g/mol. The minimum atomic E-state index is -0.242. The van der Waals surface area contributed by atoms with Gasteiger partial charge in [-0.2, -0.15) is 0 Å². The molecule has 19 heavy (non-hydrogen) atoms. The van der Waals surface area contributed by atoms with Gasteiger partial charge in [0.1, 0.15) is 5.82 Å². The molecule has 4 heteroatoms. The zero-order valence-electron chi connectivity index (χ0n) is 12.0. The molecule has 0 aliphatic heterocycles. The van der Waals surface area contributed by atoms with Gasteiger partial charge in [-0.05, 0) is 48.7 Å². The first-order valence-electron chi connectivity index (χ1n) is 6.74. The zero-order valence-corrected chi connectivity index (χ0v) is 12.8. The summed E-state index contributed by atoms with van der Waals surface area (Å²) in [7, 11) is 0. The predicted molar refractivity (Wildman–Crippen MR) is 79.8 cm³/mol. The summed E-state index contributed by atoms with van der Waals surface area (Å²) in [5.74, 6) is -0.242. The Balaban J connectivity index is 2.80. The third kappa shape index (κ3) is 5.47. The molecule has 0 radical (unpaired) electrons. The fourth-order valence-electron chi connectivity index (χ4n) is 2.11. The van der Waals surface area contributed by atoms with E-state index in [1.807, 2.05) is 0 Å². The molecule has 0 saturated carbocycles. The van der Waals surface area contributed by atoms with Gasteiger partial charge in [0.15, 0.2) is 0 Å². The van der Waals surface area contributed by atoms with Gasteiger partial charge in [-0.25, -0.2) is 4.39 Å². The Morgan fingerprint density at radius 1 is 1.37 bits per heavy atom. The first-order valence-corrected chi connectivity index (χ1v) is 7.12.